The molecule has 2 bridgehead atoms. The van der Waals surface area contributed by atoms with Gasteiger partial charge in [-0.25, -0.2) is 14.4 Å². The van der Waals surface area contributed by atoms with Gasteiger partial charge in [-0.05, 0) is 132 Å². The number of thioether (sulfide) groups is 2. The van der Waals surface area contributed by atoms with Gasteiger partial charge in [0, 0.05) is 119 Å². The van der Waals surface area contributed by atoms with Gasteiger partial charge in [-0.1, -0.05) is 125 Å². The van der Waals surface area contributed by atoms with Crippen LogP contribution in [0.2, 0.25) is 0 Å². The normalized spacial score (nSPS) is 21.5. The number of amides is 15. The van der Waals surface area contributed by atoms with E-state index < -0.39 is 185 Å². The molecule has 0 aliphatic carbocycles. The highest BCUT2D eigenvalue weighted by atomic mass is 32.2. The largest absolute Gasteiger partial charge is 0.508 e. The van der Waals surface area contributed by atoms with Gasteiger partial charge in [-0.15, -0.1) is 12.3 Å². The zero-order chi connectivity index (χ0) is 99.7. The number of aromatic amines is 2. The molecule has 13 atom stereocenters. The van der Waals surface area contributed by atoms with E-state index in [1.54, 1.807) is 82.4 Å². The molecule has 0 saturated heterocycles. The summed E-state index contributed by atoms with van der Waals surface area (Å²) >= 11 is 2.38. The maximum atomic E-state index is 15.8. The van der Waals surface area contributed by atoms with Crippen LogP contribution in [-0.4, -0.2) is 252 Å². The predicted molar refractivity (Wildman–Crippen MR) is 513 cm³/mol. The van der Waals surface area contributed by atoms with Crippen LogP contribution in [0.3, 0.4) is 0 Å². The number of H-pyrrole nitrogens is 2. The SMILES string of the molecule is C#CC[C@H](NC(=O)[C@@H]1CSCc2cccc(c2)CSC[C@H](NC(=O)[C@H](CCC)NC(C)=O)C(=O)N[C@@H](Cc2ccc(O)cc2)C(=O)N[C@@H](C(C)(C)C)C(=O)N[C@@H](CCCCN)C(=O)N[C@@H](Cc2cnc[nH]2)C(=O)N(C)[C@@H](C)C(=O)N[C@@H](c2ccccc2)C(=O)N[C@@H](Cc2c[nH]c3ncccc23)C(=O)N[C@@H](Cc2ccc(O)cc2)C(=O)N(C)[C@@H](Cc2ccc(F)cc2)C(=O)N(C)CC(=O)N1)C(N)=O. The van der Waals surface area contributed by atoms with E-state index >= 15 is 47.9 Å². The third-order valence-electron chi connectivity index (χ3n) is 23.0. The number of rotatable bonds is 24. The Morgan fingerprint density at radius 1 is 0.613 bits per heavy atom. The minimum Gasteiger partial charge on any atom is -0.508 e. The highest BCUT2D eigenvalue weighted by Crippen LogP contribution is 2.27. The summed E-state index contributed by atoms with van der Waals surface area (Å²) < 4.78 is 14.7. The number of benzene rings is 5. The highest BCUT2D eigenvalue weighted by Gasteiger charge is 2.43. The zero-order valence-corrected chi connectivity index (χ0v) is 79.4. The number of fused-ring (bicyclic) bond motifs is 3. The third kappa shape index (κ3) is 32.0. The van der Waals surface area contributed by atoms with Crippen molar-refractivity contribution in [1.29, 1.82) is 0 Å². The molecule has 730 valence electrons. The Morgan fingerprint density at radius 3 is 1.80 bits per heavy atom. The number of pyridine rings is 1. The summed E-state index contributed by atoms with van der Waals surface area (Å²) in [7, 11) is 3.82. The number of primary amides is 1. The van der Waals surface area contributed by atoms with E-state index in [-0.39, 0.29) is 104 Å². The minimum absolute atomic E-state index is 0.0723. The first kappa shape index (κ1) is 106. The first-order chi connectivity index (χ1) is 65.3. The number of unbranched alkanes of at least 4 members (excludes halogenated alkanes) is 1. The van der Waals surface area contributed by atoms with Gasteiger partial charge in [0.15, 0.2) is 0 Å². The second-order valence-corrected chi connectivity index (χ2v) is 36.8. The van der Waals surface area contributed by atoms with E-state index in [2.05, 4.69) is 84.3 Å². The molecule has 19 N–H and O–H groups in total. The van der Waals surface area contributed by atoms with E-state index in [1.807, 2.05) is 6.07 Å². The summed E-state index contributed by atoms with van der Waals surface area (Å²) in [5, 5.41) is 51.7. The average molecular weight is 1920 g/mol. The maximum absolute atomic E-state index is 15.8. The van der Waals surface area contributed by atoms with Gasteiger partial charge in [-0.3, -0.25) is 71.9 Å². The monoisotopic (exact) mass is 1920 g/mol. The number of nitrogens with zero attached hydrogens (tertiary/aromatic N) is 5. The number of nitrogens with two attached hydrogens (primary N) is 2. The van der Waals surface area contributed by atoms with Gasteiger partial charge >= 0.3 is 0 Å². The molecule has 8 aromatic rings. The fraction of sp³-hybridized carbons (Fsp3) is 0.412. The molecule has 15 amide bonds. The van der Waals surface area contributed by atoms with Crippen molar-refractivity contribution in [3.05, 3.63) is 215 Å². The molecule has 40 heteroatoms. The van der Waals surface area contributed by atoms with Crippen LogP contribution in [0.1, 0.15) is 131 Å². The second-order valence-electron chi connectivity index (χ2n) is 34.7. The average Bonchev–Trinajstić information content (AvgIpc) is 1.81. The van der Waals surface area contributed by atoms with Crippen LogP contribution in [0.25, 0.3) is 11.0 Å². The Hall–Kier alpha value is -14.2. The summed E-state index contributed by atoms with van der Waals surface area (Å²) in [6.07, 6.45) is 10.7. The molecule has 37 nitrogen and oxygen atoms in total. The number of phenolic OH excluding ortho intramolecular Hbond substituents is 2. The lowest BCUT2D eigenvalue weighted by atomic mass is 9.85. The van der Waals surface area contributed by atoms with E-state index in [9.17, 15) is 38.6 Å². The van der Waals surface area contributed by atoms with Crippen molar-refractivity contribution >= 4 is 123 Å². The standard InChI is InChI=1S/C97H121FN20O17S2/c1-11-20-70(83(100)123)107-90(129)77-53-136-51-61-22-18-23-62(42-61)52-137-54-78(113-86(125)71(21-12-2)105-57(4)119)91(130)109-73(43-58-30-36-67(120)37-31-58)89(128)115-82(97(5,6)7)93(132)108-72(27-16-17-40-99)87(126)112-76(47-66-49-101-55-104-66)94(133)117(9)56(3)85(124)114-81(63-24-14-13-15-25-63)92(131)110-74(46-64-48-103-84-69(64)26-19-41-102-84)88(127)111-75(44-59-32-38-68(121)39-33-59)95(134)118(10)79(45-60-28-34-65(98)35-29-60)96(135)116(8)50-80(122)106-77/h1,13-15,18-19,22-26,28-39,41-42,48-49,55-56,70-79,81-82,120-121H,12,16-17,20-21,27,40,43-47,50-54,99H2,2-10H3,(H2,100,123)(H,101,104)(H,102,103)(H,105,119)(H,106,122)(H,107,129)(H,108,132)(H,109,130)(H,110,131)(H,111,127)(H,112,126)(H,113,125)(H,114,124)(H,115,128)/t56-,70-,71-,72-,73-,74-,75-,76-,77-,78-,79-,81-,82+/m0/s1. The van der Waals surface area contributed by atoms with E-state index in [0.717, 1.165) is 26.8 Å². The number of carbonyl (C=O) groups excluding carboxylic acids is 15. The van der Waals surface area contributed by atoms with Crippen molar-refractivity contribution in [3.8, 4) is 23.8 Å². The number of nitrogens with one attached hydrogen (secondary N) is 13. The number of aromatic hydroxyl groups is 2. The van der Waals surface area contributed by atoms with Crippen molar-refractivity contribution in [3.63, 3.8) is 0 Å². The minimum atomic E-state index is -1.67. The van der Waals surface area contributed by atoms with Crippen molar-refractivity contribution in [2.45, 2.75) is 202 Å². The Bertz CT molecular complexity index is 5570. The topological polar surface area (TPSA) is 548 Å². The molecule has 0 spiro atoms. The van der Waals surface area contributed by atoms with Crippen LogP contribution >= 0.6 is 23.5 Å². The molecule has 0 saturated carbocycles. The van der Waals surface area contributed by atoms with Gasteiger partial charge in [-0.2, -0.15) is 23.5 Å². The molecule has 4 heterocycles. The first-order valence-electron chi connectivity index (χ1n) is 44.8. The maximum Gasteiger partial charge on any atom is 0.247 e. The van der Waals surface area contributed by atoms with Crippen molar-refractivity contribution in [2.24, 2.45) is 16.9 Å². The second kappa shape index (κ2) is 51.5. The molecule has 9 rings (SSSR count). The van der Waals surface area contributed by atoms with Crippen LogP contribution < -0.4 is 70.0 Å². The molecular formula is C97H121FN20O17S2. The number of halogens is 1. The number of phenols is 2. The molecule has 1 aliphatic rings. The Labute approximate surface area is 802 Å². The fourth-order valence-corrected chi connectivity index (χ4v) is 17.3. The smallest absolute Gasteiger partial charge is 0.247 e. The number of terminal acetylenes is 1. The van der Waals surface area contributed by atoms with Crippen LogP contribution in [-0.2, 0) is 116 Å². The van der Waals surface area contributed by atoms with E-state index in [0.29, 0.717) is 62.9 Å². The van der Waals surface area contributed by atoms with Crippen molar-refractivity contribution < 1.29 is 86.5 Å². The van der Waals surface area contributed by atoms with Crippen LogP contribution in [0.4, 0.5) is 4.39 Å². The molecule has 1 aliphatic heterocycles. The number of aromatic nitrogens is 4. The Balaban J connectivity index is 1.13. The molecular weight excluding hydrogens is 1800 g/mol. The van der Waals surface area contributed by atoms with Gasteiger partial charge in [0.05, 0.1) is 12.9 Å². The fourth-order valence-electron chi connectivity index (χ4n) is 15.3. The lowest BCUT2D eigenvalue weighted by Gasteiger charge is -2.34. The predicted octanol–water partition coefficient (Wildman–Crippen LogP) is 2.87. The molecule has 3 aromatic heterocycles. The number of hydrogen-bond donors (Lipinski definition) is 17. The third-order valence-corrected chi connectivity index (χ3v) is 25.2. The Morgan fingerprint density at radius 2 is 1.19 bits per heavy atom. The quantitative estimate of drug-likeness (QED) is 0.0305. The molecule has 5 aromatic carbocycles. The summed E-state index contributed by atoms with van der Waals surface area (Å²) in [6.45, 7) is 8.71. The van der Waals surface area contributed by atoms with E-state index in [4.69, 9.17) is 17.9 Å². The first-order valence-corrected chi connectivity index (χ1v) is 47.1. The lowest BCUT2D eigenvalue weighted by Crippen LogP contribution is -2.62. The van der Waals surface area contributed by atoms with Crippen molar-refractivity contribution in [2.75, 3.05) is 45.7 Å². The van der Waals surface area contributed by atoms with Gasteiger partial charge in [0.25, 0.3) is 0 Å². The summed E-state index contributed by atoms with van der Waals surface area (Å²) in [4.78, 5) is 240. The highest BCUT2D eigenvalue weighted by molar-refractivity contribution is 7.98. The van der Waals surface area contributed by atoms with Crippen molar-refractivity contribution in [1.82, 2.24) is 93.1 Å². The molecule has 0 unspecified atom stereocenters. The Kier molecular flexibility index (Phi) is 40.0. The molecule has 137 heavy (non-hydrogen) atoms. The molecule has 0 radical (unpaired) electrons. The van der Waals surface area contributed by atoms with Crippen LogP contribution in [0.5, 0.6) is 11.5 Å². The summed E-state index contributed by atoms with van der Waals surface area (Å²) in [6, 6.07) is 15.4. The van der Waals surface area contributed by atoms with Gasteiger partial charge in [0.2, 0.25) is 88.6 Å². The lowest BCUT2D eigenvalue weighted by molar-refractivity contribution is -0.146. The van der Waals surface area contributed by atoms with Gasteiger partial charge in [0.1, 0.15) is 102 Å². The number of hydrogen-bond acceptors (Lipinski definition) is 22. The zero-order valence-electron chi connectivity index (χ0n) is 77.8. The van der Waals surface area contributed by atoms with Crippen LogP contribution in [0, 0.1) is 23.6 Å². The van der Waals surface area contributed by atoms with Crippen LogP contribution in [0.15, 0.2) is 164 Å². The number of carbonyl (C=O) groups is 15. The molecule has 0 fully saturated rings. The number of imidazole rings is 1. The summed E-state index contributed by atoms with van der Waals surface area (Å²) in [5.41, 5.74) is 14.4. The number of likely N-dealkylation sites (N-methyl/N-ethyl adjacent to an activating group) is 3. The van der Waals surface area contributed by atoms with Gasteiger partial charge < -0.3 is 105 Å². The van der Waals surface area contributed by atoms with E-state index in [1.165, 1.54) is 150 Å². The summed E-state index contributed by atoms with van der Waals surface area (Å²) in [5.74, 6) is -11.7.